The van der Waals surface area contributed by atoms with Gasteiger partial charge in [0.05, 0.1) is 11.5 Å². The molecule has 1 unspecified atom stereocenters. The summed E-state index contributed by atoms with van der Waals surface area (Å²) in [4.78, 5) is 2.10. The summed E-state index contributed by atoms with van der Waals surface area (Å²) in [6.07, 6.45) is 0. The Balaban J connectivity index is 3.98. The Labute approximate surface area is 87.4 Å². The average molecular weight is 222 g/mol. The van der Waals surface area contributed by atoms with Crippen LogP contribution in [0.4, 0.5) is 0 Å². The highest BCUT2D eigenvalue weighted by molar-refractivity contribution is 7.91. The highest BCUT2D eigenvalue weighted by atomic mass is 32.2. The van der Waals surface area contributed by atoms with E-state index in [0.29, 0.717) is 6.54 Å². The second kappa shape index (κ2) is 6.37. The SMILES string of the molecule is CCN(CC)CCS(=O)(=O)CC(C)N. The fraction of sp³-hybridized carbons (Fsp3) is 1.00. The first-order valence-corrected chi connectivity index (χ1v) is 6.91. The second-order valence-electron chi connectivity index (χ2n) is 3.62. The van der Waals surface area contributed by atoms with Gasteiger partial charge in [-0.15, -0.1) is 0 Å². The third-order valence-corrected chi connectivity index (χ3v) is 3.97. The molecule has 1 atom stereocenters. The molecule has 0 fully saturated rings. The van der Waals surface area contributed by atoms with Gasteiger partial charge in [-0.1, -0.05) is 13.8 Å². The maximum atomic E-state index is 11.5. The van der Waals surface area contributed by atoms with Crippen LogP contribution in [0.5, 0.6) is 0 Å². The summed E-state index contributed by atoms with van der Waals surface area (Å²) in [7, 11) is -2.96. The van der Waals surface area contributed by atoms with E-state index in [1.54, 1.807) is 6.92 Å². The minimum atomic E-state index is -2.96. The molecule has 0 aliphatic carbocycles. The summed E-state index contributed by atoms with van der Waals surface area (Å²) in [6.45, 7) is 8.18. The molecule has 0 heterocycles. The van der Waals surface area contributed by atoms with Gasteiger partial charge in [0.2, 0.25) is 0 Å². The van der Waals surface area contributed by atoms with Crippen molar-refractivity contribution in [3.8, 4) is 0 Å². The third kappa shape index (κ3) is 6.34. The molecule has 0 rings (SSSR count). The van der Waals surface area contributed by atoms with Crippen LogP contribution in [0.15, 0.2) is 0 Å². The van der Waals surface area contributed by atoms with Crippen molar-refractivity contribution in [1.29, 1.82) is 0 Å². The van der Waals surface area contributed by atoms with E-state index < -0.39 is 9.84 Å². The van der Waals surface area contributed by atoms with Gasteiger partial charge in [0.25, 0.3) is 0 Å². The van der Waals surface area contributed by atoms with Gasteiger partial charge in [-0.3, -0.25) is 0 Å². The first-order valence-electron chi connectivity index (χ1n) is 5.09. The van der Waals surface area contributed by atoms with Crippen LogP contribution in [-0.2, 0) is 9.84 Å². The van der Waals surface area contributed by atoms with Crippen LogP contribution in [0.1, 0.15) is 20.8 Å². The van der Waals surface area contributed by atoms with Crippen molar-refractivity contribution in [2.24, 2.45) is 5.73 Å². The van der Waals surface area contributed by atoms with Crippen molar-refractivity contribution < 1.29 is 8.42 Å². The number of sulfone groups is 1. The van der Waals surface area contributed by atoms with Gasteiger partial charge in [-0.25, -0.2) is 8.42 Å². The van der Waals surface area contributed by atoms with E-state index >= 15 is 0 Å². The molecule has 86 valence electrons. The smallest absolute Gasteiger partial charge is 0.153 e. The number of rotatable bonds is 7. The normalized spacial score (nSPS) is 14.6. The lowest BCUT2D eigenvalue weighted by Gasteiger charge is -2.17. The largest absolute Gasteiger partial charge is 0.327 e. The molecule has 0 saturated carbocycles. The van der Waals surface area contributed by atoms with Crippen molar-refractivity contribution in [3.05, 3.63) is 0 Å². The highest BCUT2D eigenvalue weighted by Gasteiger charge is 2.14. The molecule has 0 aromatic rings. The van der Waals surface area contributed by atoms with E-state index in [-0.39, 0.29) is 17.5 Å². The monoisotopic (exact) mass is 222 g/mol. The molecular formula is C9H22N2O2S. The number of nitrogens with two attached hydrogens (primary N) is 1. The van der Waals surface area contributed by atoms with Crippen molar-refractivity contribution in [1.82, 2.24) is 4.90 Å². The minimum absolute atomic E-state index is 0.0915. The average Bonchev–Trinajstić information content (AvgIpc) is 2.03. The van der Waals surface area contributed by atoms with Gasteiger partial charge in [-0.2, -0.15) is 0 Å². The molecule has 0 aromatic carbocycles. The first-order chi connectivity index (χ1) is 6.41. The number of nitrogens with zero attached hydrogens (tertiary/aromatic N) is 1. The van der Waals surface area contributed by atoms with E-state index in [1.807, 2.05) is 13.8 Å². The Morgan fingerprint density at radius 3 is 2.14 bits per heavy atom. The van der Waals surface area contributed by atoms with Gasteiger partial charge in [0, 0.05) is 12.6 Å². The van der Waals surface area contributed by atoms with Gasteiger partial charge in [0.15, 0.2) is 9.84 Å². The van der Waals surface area contributed by atoms with Crippen LogP contribution >= 0.6 is 0 Å². The zero-order valence-corrected chi connectivity index (χ0v) is 10.2. The summed E-state index contributed by atoms with van der Waals surface area (Å²) in [5, 5.41) is 0. The minimum Gasteiger partial charge on any atom is -0.327 e. The molecule has 0 spiro atoms. The van der Waals surface area contributed by atoms with Gasteiger partial charge < -0.3 is 10.6 Å². The molecule has 5 heteroatoms. The lowest BCUT2D eigenvalue weighted by atomic mass is 10.4. The quantitative estimate of drug-likeness (QED) is 0.663. The predicted molar refractivity (Wildman–Crippen MR) is 60.1 cm³/mol. The molecule has 0 aliphatic heterocycles. The van der Waals surface area contributed by atoms with Crippen LogP contribution < -0.4 is 5.73 Å². The third-order valence-electron chi connectivity index (χ3n) is 2.13. The fourth-order valence-electron chi connectivity index (χ4n) is 1.29. The van der Waals surface area contributed by atoms with Crippen molar-refractivity contribution in [2.45, 2.75) is 26.8 Å². The van der Waals surface area contributed by atoms with E-state index in [4.69, 9.17) is 5.73 Å². The van der Waals surface area contributed by atoms with Crippen LogP contribution in [0.2, 0.25) is 0 Å². The summed E-state index contributed by atoms with van der Waals surface area (Å²) in [5.41, 5.74) is 5.46. The van der Waals surface area contributed by atoms with Crippen LogP contribution in [0.25, 0.3) is 0 Å². The number of hydrogen-bond acceptors (Lipinski definition) is 4. The Bertz CT molecular complexity index is 233. The molecule has 0 radical (unpaired) electrons. The maximum absolute atomic E-state index is 11.5. The standard InChI is InChI=1S/C9H22N2O2S/c1-4-11(5-2)6-7-14(12,13)8-9(3)10/h9H,4-8,10H2,1-3H3. The first kappa shape index (κ1) is 13.9. The second-order valence-corrected chi connectivity index (χ2v) is 5.85. The summed E-state index contributed by atoms with van der Waals surface area (Å²) >= 11 is 0. The van der Waals surface area contributed by atoms with E-state index in [1.165, 1.54) is 0 Å². The van der Waals surface area contributed by atoms with Crippen molar-refractivity contribution in [3.63, 3.8) is 0 Å². The van der Waals surface area contributed by atoms with E-state index in [9.17, 15) is 8.42 Å². The lowest BCUT2D eigenvalue weighted by molar-refractivity contribution is 0.321. The summed E-state index contributed by atoms with van der Waals surface area (Å²) < 4.78 is 22.9. The Morgan fingerprint density at radius 2 is 1.79 bits per heavy atom. The summed E-state index contributed by atoms with van der Waals surface area (Å²) in [6, 6.07) is -0.267. The zero-order valence-electron chi connectivity index (χ0n) is 9.36. The Hall–Kier alpha value is -0.130. The molecule has 0 aromatic heterocycles. The predicted octanol–water partition coefficient (Wildman–Crippen LogP) is 0.0902. The maximum Gasteiger partial charge on any atom is 0.153 e. The lowest BCUT2D eigenvalue weighted by Crippen LogP contribution is -2.33. The molecular weight excluding hydrogens is 200 g/mol. The van der Waals surface area contributed by atoms with E-state index in [0.717, 1.165) is 13.1 Å². The Kier molecular flexibility index (Phi) is 6.31. The summed E-state index contributed by atoms with van der Waals surface area (Å²) in [5.74, 6) is 0.310. The zero-order chi connectivity index (χ0) is 11.2. The molecule has 0 amide bonds. The molecule has 0 aliphatic rings. The molecule has 2 N–H and O–H groups in total. The van der Waals surface area contributed by atoms with Gasteiger partial charge in [-0.05, 0) is 20.0 Å². The molecule has 0 saturated heterocycles. The van der Waals surface area contributed by atoms with Crippen LogP contribution in [0.3, 0.4) is 0 Å². The van der Waals surface area contributed by atoms with Crippen molar-refractivity contribution >= 4 is 9.84 Å². The molecule has 4 nitrogen and oxygen atoms in total. The molecule has 0 bridgehead atoms. The fourth-order valence-corrected chi connectivity index (χ4v) is 2.80. The van der Waals surface area contributed by atoms with Gasteiger partial charge >= 0.3 is 0 Å². The molecule has 14 heavy (non-hydrogen) atoms. The van der Waals surface area contributed by atoms with Gasteiger partial charge in [0.1, 0.15) is 0 Å². The number of hydrogen-bond donors (Lipinski definition) is 1. The van der Waals surface area contributed by atoms with Crippen LogP contribution in [-0.4, -0.2) is 50.5 Å². The topological polar surface area (TPSA) is 63.4 Å². The highest BCUT2D eigenvalue weighted by Crippen LogP contribution is 1.96. The van der Waals surface area contributed by atoms with Crippen molar-refractivity contribution in [2.75, 3.05) is 31.1 Å². The van der Waals surface area contributed by atoms with Crippen LogP contribution in [0, 0.1) is 0 Å². The van der Waals surface area contributed by atoms with E-state index in [2.05, 4.69) is 4.90 Å². The Morgan fingerprint density at radius 1 is 1.29 bits per heavy atom.